The van der Waals surface area contributed by atoms with Crippen LogP contribution in [0.4, 0.5) is 0 Å². The van der Waals surface area contributed by atoms with Crippen LogP contribution in [-0.2, 0) is 5.41 Å². The maximum absolute atomic E-state index is 13.1. The lowest BCUT2D eigenvalue weighted by Crippen LogP contribution is -2.34. The molecule has 1 fully saturated rings. The zero-order chi connectivity index (χ0) is 15.6. The first-order chi connectivity index (χ1) is 10.4. The smallest absolute Gasteiger partial charge is 0.261 e. The highest BCUT2D eigenvalue weighted by atomic mass is 35.5. The number of fused-ring (bicyclic) bond motifs is 3. The van der Waals surface area contributed by atoms with E-state index in [-0.39, 0.29) is 35.5 Å². The standard InChI is InChI=1S/C18H23N3O.ClH/c1-10-7-13(12(3)19)15-14(8-10)16(22)21-11(2)9-18(5-4-6-18)17(21)20-15;/h7-8,11-12H,4-6,9,19H2,1-3H3;1H/t11-,12-;/m1./s1. The summed E-state index contributed by atoms with van der Waals surface area (Å²) >= 11 is 0. The van der Waals surface area contributed by atoms with Gasteiger partial charge < -0.3 is 5.73 Å². The molecular weight excluding hydrogens is 310 g/mol. The van der Waals surface area contributed by atoms with Crippen LogP contribution in [0.5, 0.6) is 0 Å². The summed E-state index contributed by atoms with van der Waals surface area (Å²) in [6.45, 7) is 6.12. The molecule has 2 N–H and O–H groups in total. The van der Waals surface area contributed by atoms with Crippen LogP contribution in [0, 0.1) is 6.92 Å². The molecule has 5 heteroatoms. The SMILES string of the molecule is Cc1cc([C@@H](C)N)c2nc3n(c(=O)c2c1)[C@H](C)CC31CCC1.Cl. The maximum Gasteiger partial charge on any atom is 0.261 e. The molecule has 4 nitrogen and oxygen atoms in total. The molecule has 1 aliphatic carbocycles. The van der Waals surface area contributed by atoms with Gasteiger partial charge in [-0.25, -0.2) is 4.98 Å². The normalized spacial score (nSPS) is 22.5. The molecular formula is C18H24ClN3O. The fourth-order valence-electron chi connectivity index (χ4n) is 4.39. The van der Waals surface area contributed by atoms with E-state index in [4.69, 9.17) is 10.7 Å². The number of halogens is 1. The Kier molecular flexibility index (Phi) is 3.81. The molecule has 0 amide bonds. The molecule has 2 atom stereocenters. The van der Waals surface area contributed by atoms with Crippen molar-refractivity contribution in [2.75, 3.05) is 0 Å². The number of aryl methyl sites for hydroxylation is 1. The molecule has 2 heterocycles. The van der Waals surface area contributed by atoms with E-state index in [9.17, 15) is 4.79 Å². The molecule has 124 valence electrons. The Bertz CT molecular complexity index is 836. The van der Waals surface area contributed by atoms with E-state index in [1.165, 1.54) is 6.42 Å². The van der Waals surface area contributed by atoms with Crippen molar-refractivity contribution in [1.29, 1.82) is 0 Å². The van der Waals surface area contributed by atoms with Crippen molar-refractivity contribution in [3.63, 3.8) is 0 Å². The molecule has 23 heavy (non-hydrogen) atoms. The highest BCUT2D eigenvalue weighted by Gasteiger charge is 2.48. The zero-order valence-electron chi connectivity index (χ0n) is 13.9. The molecule has 1 aliphatic heterocycles. The highest BCUT2D eigenvalue weighted by molar-refractivity contribution is 5.85. The molecule has 1 saturated carbocycles. The van der Waals surface area contributed by atoms with Crippen molar-refractivity contribution in [2.24, 2.45) is 5.73 Å². The van der Waals surface area contributed by atoms with Gasteiger partial charge in [0.15, 0.2) is 0 Å². The minimum atomic E-state index is -0.117. The lowest BCUT2D eigenvalue weighted by molar-refractivity contribution is 0.230. The van der Waals surface area contributed by atoms with Gasteiger partial charge >= 0.3 is 0 Å². The van der Waals surface area contributed by atoms with Crippen LogP contribution >= 0.6 is 12.4 Å². The quantitative estimate of drug-likeness (QED) is 0.868. The van der Waals surface area contributed by atoms with E-state index in [1.807, 2.05) is 24.5 Å². The maximum atomic E-state index is 13.1. The van der Waals surface area contributed by atoms with Crippen molar-refractivity contribution in [2.45, 2.75) is 64.0 Å². The summed E-state index contributed by atoms with van der Waals surface area (Å²) in [6, 6.07) is 4.16. The van der Waals surface area contributed by atoms with Crippen LogP contribution in [0.2, 0.25) is 0 Å². The van der Waals surface area contributed by atoms with Crippen LogP contribution in [0.15, 0.2) is 16.9 Å². The van der Waals surface area contributed by atoms with E-state index in [0.717, 1.165) is 47.1 Å². The number of rotatable bonds is 1. The van der Waals surface area contributed by atoms with Gasteiger partial charge in [0.05, 0.1) is 10.9 Å². The van der Waals surface area contributed by atoms with E-state index in [2.05, 4.69) is 13.0 Å². The molecule has 0 bridgehead atoms. The Morgan fingerprint density at radius 3 is 2.65 bits per heavy atom. The average Bonchev–Trinajstić information content (AvgIpc) is 2.72. The van der Waals surface area contributed by atoms with Crippen LogP contribution in [0.1, 0.15) is 68.6 Å². The Balaban J connectivity index is 0.00000156. The largest absolute Gasteiger partial charge is 0.324 e. The lowest BCUT2D eigenvalue weighted by Gasteiger charge is -2.37. The molecule has 2 aromatic rings. The summed E-state index contributed by atoms with van der Waals surface area (Å²) in [6.07, 6.45) is 4.62. The topological polar surface area (TPSA) is 60.9 Å². The minimum absolute atomic E-state index is 0. The Morgan fingerprint density at radius 2 is 2.09 bits per heavy atom. The summed E-state index contributed by atoms with van der Waals surface area (Å²) in [4.78, 5) is 18.1. The molecule has 0 saturated heterocycles. The first kappa shape index (κ1) is 16.5. The summed E-state index contributed by atoms with van der Waals surface area (Å²) < 4.78 is 1.95. The predicted octanol–water partition coefficient (Wildman–Crippen LogP) is 3.53. The third kappa shape index (κ3) is 2.15. The number of hydrogen-bond acceptors (Lipinski definition) is 3. The predicted molar refractivity (Wildman–Crippen MR) is 95.4 cm³/mol. The molecule has 0 radical (unpaired) electrons. The number of aromatic nitrogens is 2. The molecule has 1 spiro atoms. The van der Waals surface area contributed by atoms with E-state index in [0.29, 0.717) is 0 Å². The first-order valence-corrected chi connectivity index (χ1v) is 8.26. The molecule has 4 rings (SSSR count). The fourth-order valence-corrected chi connectivity index (χ4v) is 4.39. The van der Waals surface area contributed by atoms with Gasteiger partial charge in [-0.05, 0) is 57.2 Å². The van der Waals surface area contributed by atoms with Gasteiger partial charge in [-0.2, -0.15) is 0 Å². The average molecular weight is 334 g/mol. The molecule has 0 unspecified atom stereocenters. The first-order valence-electron chi connectivity index (χ1n) is 8.26. The number of hydrogen-bond donors (Lipinski definition) is 1. The van der Waals surface area contributed by atoms with Crippen LogP contribution in [0.3, 0.4) is 0 Å². The number of nitrogens with zero attached hydrogens (tertiary/aromatic N) is 2. The second-order valence-corrected chi connectivity index (χ2v) is 7.34. The second-order valence-electron chi connectivity index (χ2n) is 7.34. The van der Waals surface area contributed by atoms with Gasteiger partial charge in [0, 0.05) is 17.5 Å². The lowest BCUT2D eigenvalue weighted by atomic mass is 9.66. The van der Waals surface area contributed by atoms with E-state index >= 15 is 0 Å². The fraction of sp³-hybridized carbons (Fsp3) is 0.556. The summed E-state index contributed by atoms with van der Waals surface area (Å²) in [5.74, 6) is 1.01. The summed E-state index contributed by atoms with van der Waals surface area (Å²) in [7, 11) is 0. The molecule has 1 aromatic carbocycles. The number of nitrogens with two attached hydrogens (primary N) is 1. The highest BCUT2D eigenvalue weighted by Crippen LogP contribution is 2.52. The summed E-state index contributed by atoms with van der Waals surface area (Å²) in [5.41, 5.74) is 9.27. The van der Waals surface area contributed by atoms with Gasteiger partial charge in [-0.1, -0.05) is 12.5 Å². The van der Waals surface area contributed by atoms with Crippen LogP contribution in [0.25, 0.3) is 10.9 Å². The Morgan fingerprint density at radius 1 is 1.39 bits per heavy atom. The van der Waals surface area contributed by atoms with E-state index < -0.39 is 0 Å². The van der Waals surface area contributed by atoms with Crippen molar-refractivity contribution in [3.05, 3.63) is 39.4 Å². The van der Waals surface area contributed by atoms with Crippen molar-refractivity contribution < 1.29 is 0 Å². The van der Waals surface area contributed by atoms with Crippen LogP contribution in [-0.4, -0.2) is 9.55 Å². The Hall–Kier alpha value is -1.39. The van der Waals surface area contributed by atoms with E-state index in [1.54, 1.807) is 0 Å². The minimum Gasteiger partial charge on any atom is -0.324 e. The second kappa shape index (κ2) is 5.32. The van der Waals surface area contributed by atoms with Gasteiger partial charge in [0.1, 0.15) is 5.82 Å². The summed E-state index contributed by atoms with van der Waals surface area (Å²) in [5, 5.41) is 0.722. The third-order valence-corrected chi connectivity index (χ3v) is 5.58. The van der Waals surface area contributed by atoms with Gasteiger partial charge in [-0.15, -0.1) is 12.4 Å². The molecule has 2 aliphatic rings. The van der Waals surface area contributed by atoms with Crippen molar-refractivity contribution in [3.8, 4) is 0 Å². The Labute approximate surface area is 142 Å². The van der Waals surface area contributed by atoms with Gasteiger partial charge in [0.2, 0.25) is 0 Å². The third-order valence-electron chi connectivity index (χ3n) is 5.58. The van der Waals surface area contributed by atoms with Crippen molar-refractivity contribution in [1.82, 2.24) is 9.55 Å². The van der Waals surface area contributed by atoms with Crippen molar-refractivity contribution >= 4 is 23.3 Å². The van der Waals surface area contributed by atoms with Crippen LogP contribution < -0.4 is 11.3 Å². The number of benzene rings is 1. The zero-order valence-corrected chi connectivity index (χ0v) is 14.7. The van der Waals surface area contributed by atoms with Gasteiger partial charge in [-0.3, -0.25) is 9.36 Å². The molecule has 1 aromatic heterocycles. The monoisotopic (exact) mass is 333 g/mol. The van der Waals surface area contributed by atoms with Gasteiger partial charge in [0.25, 0.3) is 5.56 Å².